The molecule has 9 nitrogen and oxygen atoms in total. The normalized spacial score (nSPS) is 10.6. The molecule has 0 saturated carbocycles. The lowest BCUT2D eigenvalue weighted by atomic mass is 10.0. The lowest BCUT2D eigenvalue weighted by molar-refractivity contribution is -0.131. The number of benzene rings is 1. The SMILES string of the molecule is C=CC(=O)N(C)CC(=O)NCCc1cccc(Nc2nc(CC(C)C)c(CC)nc2C(N)=O)c1. The van der Waals surface area contributed by atoms with Crippen LogP contribution >= 0.6 is 0 Å². The van der Waals surface area contributed by atoms with Gasteiger partial charge in [-0.05, 0) is 49.0 Å². The first-order valence-corrected chi connectivity index (χ1v) is 11.3. The number of carbonyl (C=O) groups is 3. The average molecular weight is 467 g/mol. The molecule has 0 spiro atoms. The van der Waals surface area contributed by atoms with Gasteiger partial charge in [-0.15, -0.1) is 0 Å². The van der Waals surface area contributed by atoms with Crippen molar-refractivity contribution in [2.45, 2.75) is 40.0 Å². The van der Waals surface area contributed by atoms with Crippen molar-refractivity contribution < 1.29 is 14.4 Å². The van der Waals surface area contributed by atoms with Gasteiger partial charge < -0.3 is 21.3 Å². The summed E-state index contributed by atoms with van der Waals surface area (Å²) < 4.78 is 0. The summed E-state index contributed by atoms with van der Waals surface area (Å²) in [7, 11) is 1.54. The van der Waals surface area contributed by atoms with Crippen LogP contribution in [0.2, 0.25) is 0 Å². The number of nitrogens with one attached hydrogen (secondary N) is 2. The number of primary amides is 1. The molecule has 9 heteroatoms. The van der Waals surface area contributed by atoms with E-state index >= 15 is 0 Å². The van der Waals surface area contributed by atoms with Crippen molar-refractivity contribution in [1.29, 1.82) is 0 Å². The van der Waals surface area contributed by atoms with E-state index in [2.05, 4.69) is 36.0 Å². The van der Waals surface area contributed by atoms with Crippen LogP contribution < -0.4 is 16.4 Å². The fourth-order valence-corrected chi connectivity index (χ4v) is 3.39. The Bertz CT molecular complexity index is 1050. The van der Waals surface area contributed by atoms with Crippen LogP contribution in [0.1, 0.15) is 48.2 Å². The molecule has 0 aliphatic rings. The molecule has 34 heavy (non-hydrogen) atoms. The van der Waals surface area contributed by atoms with Crippen molar-refractivity contribution >= 4 is 29.2 Å². The molecule has 0 fully saturated rings. The Morgan fingerprint density at radius 3 is 2.56 bits per heavy atom. The molecule has 3 amide bonds. The summed E-state index contributed by atoms with van der Waals surface area (Å²) in [4.78, 5) is 46.0. The van der Waals surface area contributed by atoms with E-state index in [4.69, 9.17) is 10.7 Å². The first-order chi connectivity index (χ1) is 16.1. The summed E-state index contributed by atoms with van der Waals surface area (Å²) >= 11 is 0. The van der Waals surface area contributed by atoms with Crippen molar-refractivity contribution in [3.05, 3.63) is 59.6 Å². The minimum atomic E-state index is -0.639. The van der Waals surface area contributed by atoms with Gasteiger partial charge in [0.25, 0.3) is 5.91 Å². The number of amides is 3. The van der Waals surface area contributed by atoms with Crippen LogP contribution in [0.3, 0.4) is 0 Å². The zero-order valence-electron chi connectivity index (χ0n) is 20.4. The van der Waals surface area contributed by atoms with Gasteiger partial charge in [0.05, 0.1) is 17.9 Å². The molecule has 0 unspecified atom stereocenters. The Kier molecular flexibility index (Phi) is 9.73. The largest absolute Gasteiger partial charge is 0.364 e. The highest BCUT2D eigenvalue weighted by atomic mass is 16.2. The van der Waals surface area contributed by atoms with Crippen molar-refractivity contribution in [2.75, 3.05) is 25.5 Å². The molecule has 2 aromatic rings. The van der Waals surface area contributed by atoms with Crippen LogP contribution in [0.5, 0.6) is 0 Å². The van der Waals surface area contributed by atoms with Gasteiger partial charge in [-0.1, -0.05) is 39.5 Å². The van der Waals surface area contributed by atoms with Crippen molar-refractivity contribution in [3.63, 3.8) is 0 Å². The predicted octanol–water partition coefficient (Wildman–Crippen LogP) is 2.38. The molecule has 1 aromatic heterocycles. The number of aromatic nitrogens is 2. The number of anilines is 2. The fraction of sp³-hybridized carbons (Fsp3) is 0.400. The number of likely N-dealkylation sites (N-methyl/N-ethyl adjacent to an activating group) is 1. The Morgan fingerprint density at radius 2 is 1.94 bits per heavy atom. The molecule has 0 saturated heterocycles. The van der Waals surface area contributed by atoms with Gasteiger partial charge >= 0.3 is 0 Å². The third-order valence-corrected chi connectivity index (χ3v) is 5.08. The molecule has 0 aliphatic heterocycles. The van der Waals surface area contributed by atoms with Crippen LogP contribution in [-0.4, -0.2) is 52.7 Å². The van der Waals surface area contributed by atoms with Gasteiger partial charge in [-0.25, -0.2) is 9.97 Å². The Hall–Kier alpha value is -3.75. The second-order valence-electron chi connectivity index (χ2n) is 8.45. The van der Waals surface area contributed by atoms with E-state index in [1.54, 1.807) is 7.05 Å². The van der Waals surface area contributed by atoms with Gasteiger partial charge in [-0.3, -0.25) is 14.4 Å². The van der Waals surface area contributed by atoms with Crippen molar-refractivity contribution in [1.82, 2.24) is 20.2 Å². The van der Waals surface area contributed by atoms with Crippen LogP contribution in [0.15, 0.2) is 36.9 Å². The first-order valence-electron chi connectivity index (χ1n) is 11.3. The van der Waals surface area contributed by atoms with E-state index < -0.39 is 5.91 Å². The highest BCUT2D eigenvalue weighted by Gasteiger charge is 2.18. The number of carbonyl (C=O) groups excluding carboxylic acids is 3. The van der Waals surface area contributed by atoms with Crippen LogP contribution in [-0.2, 0) is 28.9 Å². The van der Waals surface area contributed by atoms with Crippen LogP contribution in [0.25, 0.3) is 0 Å². The second-order valence-corrected chi connectivity index (χ2v) is 8.45. The molecule has 4 N–H and O–H groups in total. The first kappa shape index (κ1) is 26.5. The standard InChI is InChI=1S/C25H34N6O3/c1-6-19-20(13-16(3)4)30-25(23(29-19)24(26)34)28-18-10-8-9-17(14-18)11-12-27-21(32)15-31(5)22(33)7-2/h7-10,14,16H,2,6,11-13,15H2,1,3-5H3,(H2,26,34)(H,27,32)(H,28,30). The van der Waals surface area contributed by atoms with Gasteiger partial charge in [0.1, 0.15) is 0 Å². The van der Waals surface area contributed by atoms with Gasteiger partial charge in [0, 0.05) is 19.3 Å². The van der Waals surface area contributed by atoms with E-state index in [1.807, 2.05) is 31.2 Å². The number of nitrogens with two attached hydrogens (primary N) is 1. The van der Waals surface area contributed by atoms with Gasteiger partial charge in [0.15, 0.2) is 11.5 Å². The maximum Gasteiger partial charge on any atom is 0.271 e. The number of rotatable bonds is 12. The third kappa shape index (κ3) is 7.68. The van der Waals surface area contributed by atoms with Crippen LogP contribution in [0, 0.1) is 5.92 Å². The van der Waals surface area contributed by atoms with E-state index in [-0.39, 0.29) is 24.1 Å². The Balaban J connectivity index is 2.11. The highest BCUT2D eigenvalue weighted by molar-refractivity contribution is 5.96. The summed E-state index contributed by atoms with van der Waals surface area (Å²) in [6.07, 6.45) is 3.16. The summed E-state index contributed by atoms with van der Waals surface area (Å²) in [6, 6.07) is 7.60. The number of nitrogens with zero attached hydrogens (tertiary/aromatic N) is 3. The number of aryl methyl sites for hydroxylation is 1. The Morgan fingerprint density at radius 1 is 1.21 bits per heavy atom. The zero-order valence-corrected chi connectivity index (χ0v) is 20.4. The Labute approximate surface area is 200 Å². The summed E-state index contributed by atoms with van der Waals surface area (Å²) in [6.45, 7) is 9.97. The van der Waals surface area contributed by atoms with E-state index in [0.717, 1.165) is 29.1 Å². The minimum Gasteiger partial charge on any atom is -0.364 e. The molecular weight excluding hydrogens is 432 g/mol. The summed E-state index contributed by atoms with van der Waals surface area (Å²) in [5, 5.41) is 5.99. The smallest absolute Gasteiger partial charge is 0.271 e. The van der Waals surface area contributed by atoms with E-state index in [1.165, 1.54) is 11.0 Å². The monoisotopic (exact) mass is 466 g/mol. The molecule has 0 radical (unpaired) electrons. The quantitative estimate of drug-likeness (QED) is 0.412. The van der Waals surface area contributed by atoms with Gasteiger partial charge in [-0.2, -0.15) is 0 Å². The van der Waals surface area contributed by atoms with Crippen molar-refractivity contribution in [3.8, 4) is 0 Å². The molecule has 1 aromatic carbocycles. The number of hydrogen-bond donors (Lipinski definition) is 3. The maximum absolute atomic E-state index is 12.0. The predicted molar refractivity (Wildman–Crippen MR) is 133 cm³/mol. The molecule has 182 valence electrons. The third-order valence-electron chi connectivity index (χ3n) is 5.08. The lowest BCUT2D eigenvalue weighted by Gasteiger charge is -2.16. The van der Waals surface area contributed by atoms with E-state index in [0.29, 0.717) is 31.1 Å². The second kappa shape index (κ2) is 12.5. The molecule has 0 atom stereocenters. The molecule has 0 aliphatic carbocycles. The van der Waals surface area contributed by atoms with E-state index in [9.17, 15) is 14.4 Å². The summed E-state index contributed by atoms with van der Waals surface area (Å²) in [5.41, 5.74) is 9.02. The molecule has 2 rings (SSSR count). The van der Waals surface area contributed by atoms with Crippen LogP contribution in [0.4, 0.5) is 11.5 Å². The molecular formula is C25H34N6O3. The maximum atomic E-state index is 12.0. The topological polar surface area (TPSA) is 130 Å². The average Bonchev–Trinajstić information content (AvgIpc) is 2.78. The minimum absolute atomic E-state index is 0.0342. The van der Waals surface area contributed by atoms with Crippen molar-refractivity contribution in [2.24, 2.45) is 11.7 Å². The lowest BCUT2D eigenvalue weighted by Crippen LogP contribution is -2.38. The molecule has 0 bridgehead atoms. The highest BCUT2D eigenvalue weighted by Crippen LogP contribution is 2.22. The molecule has 1 heterocycles. The fourth-order valence-electron chi connectivity index (χ4n) is 3.39. The zero-order chi connectivity index (χ0) is 25.3. The summed E-state index contributed by atoms with van der Waals surface area (Å²) in [5.74, 6) is -0.474. The van der Waals surface area contributed by atoms with Gasteiger partial charge in [0.2, 0.25) is 11.8 Å². The number of hydrogen-bond acceptors (Lipinski definition) is 6.